The molecule has 0 aliphatic rings. The van der Waals surface area contributed by atoms with Crippen molar-refractivity contribution in [2.45, 2.75) is 38.1 Å². The molecule has 1 rings (SSSR count). The lowest BCUT2D eigenvalue weighted by Crippen LogP contribution is -2.32. The highest BCUT2D eigenvalue weighted by Crippen LogP contribution is 2.21. The molecule has 1 atom stereocenters. The summed E-state index contributed by atoms with van der Waals surface area (Å²) >= 11 is 0. The molecule has 0 saturated heterocycles. The Kier molecular flexibility index (Phi) is 5.62. The topological polar surface area (TPSA) is 38.7 Å². The predicted molar refractivity (Wildman–Crippen MR) is 67.8 cm³/mol. The Hall–Kier alpha value is -0.900. The average molecular weight is 238 g/mol. The predicted octanol–water partition coefficient (Wildman–Crippen LogP) is 2.38. The minimum Gasteiger partial charge on any atom is -0.390 e. The molecule has 0 bridgehead atoms. The van der Waals surface area contributed by atoms with Gasteiger partial charge in [-0.1, -0.05) is 30.3 Å². The fourth-order valence-electron chi connectivity index (χ4n) is 1.78. The Balaban J connectivity index is 2.44. The lowest BCUT2D eigenvalue weighted by molar-refractivity contribution is -0.141. The van der Waals surface area contributed by atoms with E-state index in [1.54, 1.807) is 14.2 Å². The Labute approximate surface area is 103 Å². The molecule has 0 aromatic heterocycles. The first-order valence-electron chi connectivity index (χ1n) is 5.89. The van der Waals surface area contributed by atoms with E-state index in [2.05, 4.69) is 12.1 Å². The van der Waals surface area contributed by atoms with Crippen molar-refractivity contribution in [3.05, 3.63) is 35.9 Å². The number of ether oxygens (including phenoxy) is 2. The average Bonchev–Trinajstić information content (AvgIpc) is 2.35. The van der Waals surface area contributed by atoms with Crippen LogP contribution in [0.4, 0.5) is 0 Å². The standard InChI is InChI=1S/C14H22O3/c1-14(15,11-13(16-2)17-3)10-9-12-7-5-4-6-8-12/h4-8,13,15H,9-11H2,1-3H3. The summed E-state index contributed by atoms with van der Waals surface area (Å²) in [5, 5.41) is 10.2. The van der Waals surface area contributed by atoms with Gasteiger partial charge >= 0.3 is 0 Å². The van der Waals surface area contributed by atoms with Gasteiger partial charge in [-0.05, 0) is 25.3 Å². The first-order valence-corrected chi connectivity index (χ1v) is 5.89. The van der Waals surface area contributed by atoms with Crippen LogP contribution in [0.2, 0.25) is 0 Å². The molecular weight excluding hydrogens is 216 g/mol. The van der Waals surface area contributed by atoms with Crippen molar-refractivity contribution in [1.29, 1.82) is 0 Å². The van der Waals surface area contributed by atoms with E-state index in [1.807, 2.05) is 25.1 Å². The Morgan fingerprint density at radius 1 is 1.18 bits per heavy atom. The maximum absolute atomic E-state index is 10.2. The van der Waals surface area contributed by atoms with Crippen molar-refractivity contribution in [3.8, 4) is 0 Å². The second-order valence-corrected chi connectivity index (χ2v) is 4.59. The molecule has 0 aliphatic heterocycles. The Morgan fingerprint density at radius 2 is 1.76 bits per heavy atom. The molecular formula is C14H22O3. The number of aliphatic hydroxyl groups is 1. The highest BCUT2D eigenvalue weighted by Gasteiger charge is 2.25. The van der Waals surface area contributed by atoms with Crippen molar-refractivity contribution in [3.63, 3.8) is 0 Å². The third-order valence-corrected chi connectivity index (χ3v) is 2.93. The highest BCUT2D eigenvalue weighted by molar-refractivity contribution is 5.14. The minimum absolute atomic E-state index is 0.347. The van der Waals surface area contributed by atoms with Crippen LogP contribution in [0.3, 0.4) is 0 Å². The van der Waals surface area contributed by atoms with Crippen LogP contribution in [0.5, 0.6) is 0 Å². The van der Waals surface area contributed by atoms with E-state index in [1.165, 1.54) is 5.56 Å². The summed E-state index contributed by atoms with van der Waals surface area (Å²) in [6.07, 6.45) is 1.68. The van der Waals surface area contributed by atoms with Gasteiger partial charge in [-0.2, -0.15) is 0 Å². The largest absolute Gasteiger partial charge is 0.390 e. The van der Waals surface area contributed by atoms with Gasteiger partial charge in [-0.3, -0.25) is 0 Å². The van der Waals surface area contributed by atoms with Gasteiger partial charge in [-0.25, -0.2) is 0 Å². The lowest BCUT2D eigenvalue weighted by atomic mass is 9.93. The van der Waals surface area contributed by atoms with Gasteiger partial charge in [0.2, 0.25) is 0 Å². The SMILES string of the molecule is COC(CC(C)(O)CCc1ccccc1)OC. The second kappa shape index (κ2) is 6.74. The van der Waals surface area contributed by atoms with E-state index in [9.17, 15) is 5.11 Å². The summed E-state index contributed by atoms with van der Waals surface area (Å²) in [6.45, 7) is 1.82. The summed E-state index contributed by atoms with van der Waals surface area (Å²) in [5.41, 5.74) is 0.464. The molecule has 1 unspecified atom stereocenters. The molecule has 0 aliphatic carbocycles. The number of aryl methyl sites for hydroxylation is 1. The molecule has 0 amide bonds. The molecule has 17 heavy (non-hydrogen) atoms. The zero-order valence-electron chi connectivity index (χ0n) is 10.8. The smallest absolute Gasteiger partial charge is 0.159 e. The van der Waals surface area contributed by atoms with Crippen molar-refractivity contribution < 1.29 is 14.6 Å². The Morgan fingerprint density at radius 3 is 2.29 bits per heavy atom. The van der Waals surface area contributed by atoms with Gasteiger partial charge < -0.3 is 14.6 Å². The van der Waals surface area contributed by atoms with Crippen molar-refractivity contribution in [2.75, 3.05) is 14.2 Å². The van der Waals surface area contributed by atoms with Crippen LogP contribution < -0.4 is 0 Å². The highest BCUT2D eigenvalue weighted by atomic mass is 16.7. The molecule has 0 saturated carbocycles. The monoisotopic (exact) mass is 238 g/mol. The fourth-order valence-corrected chi connectivity index (χ4v) is 1.78. The second-order valence-electron chi connectivity index (χ2n) is 4.59. The van der Waals surface area contributed by atoms with Crippen LogP contribution in [0.25, 0.3) is 0 Å². The summed E-state index contributed by atoms with van der Waals surface area (Å²) in [5.74, 6) is 0. The number of hydrogen-bond acceptors (Lipinski definition) is 3. The quantitative estimate of drug-likeness (QED) is 0.741. The van der Waals surface area contributed by atoms with Gasteiger partial charge in [0.15, 0.2) is 6.29 Å². The third-order valence-electron chi connectivity index (χ3n) is 2.93. The van der Waals surface area contributed by atoms with E-state index in [0.717, 1.165) is 6.42 Å². The van der Waals surface area contributed by atoms with Crippen LogP contribution in [0.1, 0.15) is 25.3 Å². The zero-order valence-corrected chi connectivity index (χ0v) is 10.8. The molecule has 0 radical (unpaired) electrons. The molecule has 1 aromatic rings. The first kappa shape index (κ1) is 14.2. The van der Waals surface area contributed by atoms with Crippen LogP contribution in [-0.4, -0.2) is 31.2 Å². The van der Waals surface area contributed by atoms with E-state index >= 15 is 0 Å². The summed E-state index contributed by atoms with van der Waals surface area (Å²) in [6, 6.07) is 10.2. The number of rotatable bonds is 7. The van der Waals surface area contributed by atoms with E-state index in [-0.39, 0.29) is 6.29 Å². The van der Waals surface area contributed by atoms with Crippen LogP contribution in [0, 0.1) is 0 Å². The maximum Gasteiger partial charge on any atom is 0.159 e. The van der Waals surface area contributed by atoms with Gasteiger partial charge in [0.25, 0.3) is 0 Å². The molecule has 96 valence electrons. The van der Waals surface area contributed by atoms with Gasteiger partial charge in [0.1, 0.15) is 0 Å². The van der Waals surface area contributed by atoms with E-state index in [0.29, 0.717) is 12.8 Å². The first-order chi connectivity index (χ1) is 8.07. The minimum atomic E-state index is -0.771. The van der Waals surface area contributed by atoms with Gasteiger partial charge in [0.05, 0.1) is 5.60 Å². The third kappa shape index (κ3) is 5.31. The Bertz CT molecular complexity index is 305. The summed E-state index contributed by atoms with van der Waals surface area (Å²) < 4.78 is 10.2. The molecule has 0 heterocycles. The lowest BCUT2D eigenvalue weighted by Gasteiger charge is -2.27. The molecule has 1 aromatic carbocycles. The zero-order chi connectivity index (χ0) is 12.7. The van der Waals surface area contributed by atoms with Gasteiger partial charge in [0, 0.05) is 20.6 Å². The van der Waals surface area contributed by atoms with Crippen LogP contribution in [0.15, 0.2) is 30.3 Å². The number of methoxy groups -OCH3 is 2. The van der Waals surface area contributed by atoms with Crippen molar-refractivity contribution >= 4 is 0 Å². The van der Waals surface area contributed by atoms with E-state index < -0.39 is 5.60 Å². The molecule has 3 heteroatoms. The number of benzene rings is 1. The normalized spacial score (nSPS) is 14.9. The van der Waals surface area contributed by atoms with Gasteiger partial charge in [-0.15, -0.1) is 0 Å². The van der Waals surface area contributed by atoms with Crippen molar-refractivity contribution in [1.82, 2.24) is 0 Å². The molecule has 0 fully saturated rings. The van der Waals surface area contributed by atoms with Crippen LogP contribution in [-0.2, 0) is 15.9 Å². The summed E-state index contributed by atoms with van der Waals surface area (Å²) in [4.78, 5) is 0. The van der Waals surface area contributed by atoms with Crippen molar-refractivity contribution in [2.24, 2.45) is 0 Å². The van der Waals surface area contributed by atoms with E-state index in [4.69, 9.17) is 9.47 Å². The fraction of sp³-hybridized carbons (Fsp3) is 0.571. The van der Waals surface area contributed by atoms with Crippen LogP contribution >= 0.6 is 0 Å². The number of hydrogen-bond donors (Lipinski definition) is 1. The summed E-state index contributed by atoms with van der Waals surface area (Å²) in [7, 11) is 3.17. The molecule has 3 nitrogen and oxygen atoms in total. The molecule has 1 N–H and O–H groups in total. The molecule has 0 spiro atoms. The maximum atomic E-state index is 10.2.